The van der Waals surface area contributed by atoms with E-state index in [2.05, 4.69) is 0 Å². The van der Waals surface area contributed by atoms with E-state index in [4.69, 9.17) is 0 Å². The molecule has 0 fully saturated rings. The molecule has 0 unspecified atom stereocenters. The molecule has 8 nitrogen and oxygen atoms in total. The molecule has 0 radical (unpaired) electrons. The van der Waals surface area contributed by atoms with Crippen molar-refractivity contribution in [3.8, 4) is 0 Å². The summed E-state index contributed by atoms with van der Waals surface area (Å²) in [6.07, 6.45) is 3.02. The molecule has 254 valence electrons. The zero-order valence-electron chi connectivity index (χ0n) is 26.9. The van der Waals surface area contributed by atoms with Crippen LogP contribution in [0.25, 0.3) is 21.5 Å². The molecule has 0 saturated heterocycles. The Morgan fingerprint density at radius 2 is 0.740 bits per heavy atom. The summed E-state index contributed by atoms with van der Waals surface area (Å²) >= 11 is -7.04. The summed E-state index contributed by atoms with van der Waals surface area (Å²) in [5.74, 6) is -6.68. The molecule has 0 aromatic heterocycles. The average molecular weight is 1140 g/mol. The molecule has 0 bridgehead atoms. The molecule has 20 heteroatoms. The first-order valence-electron chi connectivity index (χ1n) is 14.6. The third kappa shape index (κ3) is 7.75. The Morgan fingerprint density at radius 1 is 0.440 bits per heavy atom. The quantitative estimate of drug-likeness (QED) is 0.0838. The van der Waals surface area contributed by atoms with Crippen LogP contribution in [0.2, 0.25) is 0 Å². The number of hydrogen-bond acceptors (Lipinski definition) is 8. The molecule has 0 atom stereocenters. The Kier molecular flexibility index (Phi) is 11.2. The van der Waals surface area contributed by atoms with E-state index >= 15 is 17.6 Å². The Labute approximate surface area is 312 Å². The number of rotatable bonds is 10. The zero-order chi connectivity index (χ0) is 37.1. The van der Waals surface area contributed by atoms with Crippen molar-refractivity contribution in [3.63, 3.8) is 0 Å². The van der Waals surface area contributed by atoms with Gasteiger partial charge in [-0.25, -0.2) is 0 Å². The van der Waals surface area contributed by atoms with Crippen LogP contribution in [0.5, 0.6) is 0 Å². The molecule has 5 aromatic rings. The van der Waals surface area contributed by atoms with Crippen LogP contribution in [0.3, 0.4) is 0 Å². The van der Waals surface area contributed by atoms with Crippen LogP contribution in [0.4, 0.5) is 17.6 Å². The second kappa shape index (κ2) is 14.2. The molecule has 5 rings (SSSR count). The molecule has 0 aliphatic carbocycles. The normalized spacial score (nSPS) is 12.5. The van der Waals surface area contributed by atoms with Crippen molar-refractivity contribution in [1.29, 1.82) is 0 Å². The van der Waals surface area contributed by atoms with Crippen molar-refractivity contribution >= 4 is 94.1 Å². The van der Waals surface area contributed by atoms with Crippen LogP contribution in [-0.4, -0.2) is 69.2 Å². The van der Waals surface area contributed by atoms with Crippen LogP contribution < -0.4 is 23.2 Å². The fourth-order valence-corrected chi connectivity index (χ4v) is 32.8. The van der Waals surface area contributed by atoms with Crippen molar-refractivity contribution in [3.05, 3.63) is 96.1 Å². The summed E-state index contributed by atoms with van der Waals surface area (Å²) in [6.45, 7) is 0. The molecule has 0 aliphatic rings. The maximum absolute atomic E-state index is 16.5. The van der Waals surface area contributed by atoms with E-state index in [1.54, 1.807) is 24.3 Å². The number of fused-ring (bicyclic) bond motifs is 2. The maximum atomic E-state index is 16.5. The number of hydrogen-bond donors (Lipinski definition) is 0. The number of benzene rings is 5. The molecule has 0 N–H and O–H groups in total. The fourth-order valence-electron chi connectivity index (χ4n) is 6.57. The molecular weight excluding hydrogens is 1120 g/mol. The van der Waals surface area contributed by atoms with Crippen molar-refractivity contribution in [2.24, 2.45) is 0 Å². The molecular formula is C30H24B2F4Hg2O8S4. The van der Waals surface area contributed by atoms with Crippen molar-refractivity contribution in [2.75, 3.05) is 25.0 Å². The third-order valence-corrected chi connectivity index (χ3v) is 31.7. The SMILES string of the molecule is CS(=O)(=O)B(c1cccc2ccc[c]([Hg][c]3c(F)c(F)c(F)[c]([Hg][c]4cccc5cccc(B(S(C)(=O)=O)S(C)(=O)=O)c45)c3F)c12)S(C)(=O)=O. The molecule has 0 spiro atoms. The minimum atomic E-state index is -4.26. The Morgan fingerprint density at radius 3 is 1.04 bits per heavy atom. The van der Waals surface area contributed by atoms with Crippen molar-refractivity contribution in [1.82, 2.24) is 0 Å². The Bertz CT molecular complexity index is 2430. The summed E-state index contributed by atoms with van der Waals surface area (Å²) in [5.41, 5.74) is -0.248. The van der Waals surface area contributed by atoms with Crippen LogP contribution >= 0.6 is 0 Å². The van der Waals surface area contributed by atoms with Gasteiger partial charge < -0.3 is 0 Å². The first kappa shape index (κ1) is 39.3. The monoisotopic (exact) mass is 1140 g/mol. The van der Waals surface area contributed by atoms with E-state index in [1.807, 2.05) is 0 Å². The van der Waals surface area contributed by atoms with Gasteiger partial charge in [0.15, 0.2) is 0 Å². The number of halogens is 4. The first-order chi connectivity index (χ1) is 23.0. The van der Waals surface area contributed by atoms with Gasteiger partial charge in [0, 0.05) is 0 Å². The van der Waals surface area contributed by atoms with Gasteiger partial charge in [0.2, 0.25) is 0 Å². The van der Waals surface area contributed by atoms with E-state index in [1.165, 1.54) is 48.5 Å². The average Bonchev–Trinajstić information content (AvgIpc) is 2.98. The van der Waals surface area contributed by atoms with Crippen molar-refractivity contribution in [2.45, 2.75) is 0 Å². The van der Waals surface area contributed by atoms with Gasteiger partial charge >= 0.3 is 316 Å². The molecule has 0 saturated carbocycles. The van der Waals surface area contributed by atoms with Gasteiger partial charge in [-0.05, 0) is 0 Å². The van der Waals surface area contributed by atoms with Crippen LogP contribution in [0.1, 0.15) is 0 Å². The summed E-state index contributed by atoms with van der Waals surface area (Å²) < 4.78 is 164. The summed E-state index contributed by atoms with van der Waals surface area (Å²) in [4.78, 5) is 0. The molecule has 0 heterocycles. The van der Waals surface area contributed by atoms with E-state index in [0.717, 1.165) is 25.0 Å². The predicted molar refractivity (Wildman–Crippen MR) is 183 cm³/mol. The molecule has 50 heavy (non-hydrogen) atoms. The Hall–Kier alpha value is -1.86. The van der Waals surface area contributed by atoms with Gasteiger partial charge in [0.1, 0.15) is 0 Å². The predicted octanol–water partition coefficient (Wildman–Crippen LogP) is 0.185. The van der Waals surface area contributed by atoms with Gasteiger partial charge in [-0.2, -0.15) is 0 Å². The van der Waals surface area contributed by atoms with Crippen LogP contribution in [0, 0.1) is 23.3 Å². The van der Waals surface area contributed by atoms with E-state index < -0.39 is 128 Å². The van der Waals surface area contributed by atoms with Gasteiger partial charge in [0.25, 0.3) is 0 Å². The molecule has 0 aliphatic heterocycles. The van der Waals surface area contributed by atoms with Gasteiger partial charge in [-0.3, -0.25) is 0 Å². The van der Waals surface area contributed by atoms with E-state index in [-0.39, 0.29) is 27.8 Å². The van der Waals surface area contributed by atoms with Crippen molar-refractivity contribution < 1.29 is 100 Å². The second-order valence-corrected chi connectivity index (χ2v) is 35.6. The second-order valence-electron chi connectivity index (χ2n) is 12.3. The van der Waals surface area contributed by atoms with Gasteiger partial charge in [-0.1, -0.05) is 0 Å². The summed E-state index contributed by atoms with van der Waals surface area (Å²) in [7, 11) is -17.0. The summed E-state index contributed by atoms with van der Waals surface area (Å²) in [6, 6.07) is 17.8. The van der Waals surface area contributed by atoms with Crippen LogP contribution in [-0.2, 0) is 87.9 Å². The topological polar surface area (TPSA) is 137 Å². The van der Waals surface area contributed by atoms with E-state index in [9.17, 15) is 33.7 Å². The third-order valence-electron chi connectivity index (χ3n) is 8.29. The minimum absolute atomic E-state index is 0.124. The fraction of sp³-hybridized carbons (Fsp3) is 0.133. The standard InChI is InChI=1S/2C12H12BO4S2.C6F4.2Hg/c2*1-18(14,15)13(19(2,16)17)12-9-5-7-10-6-3-4-8-11(10)12;7-3-1-4(8)6(10)5(9)2-3;;/h2*3-7,9H,1-2H3;;;. The van der Waals surface area contributed by atoms with E-state index in [0.29, 0.717) is 10.8 Å². The van der Waals surface area contributed by atoms with Crippen LogP contribution in [0.15, 0.2) is 72.8 Å². The molecule has 0 amide bonds. The Balaban J connectivity index is 1.74. The van der Waals surface area contributed by atoms with Gasteiger partial charge in [-0.15, -0.1) is 0 Å². The van der Waals surface area contributed by atoms with Gasteiger partial charge in [0.05, 0.1) is 0 Å². The first-order valence-corrected chi connectivity index (χ1v) is 33.4. The zero-order valence-corrected chi connectivity index (χ0v) is 41.2. The molecule has 5 aromatic carbocycles. The summed E-state index contributed by atoms with van der Waals surface area (Å²) in [5, 5.41) is -2.92.